The zero-order chi connectivity index (χ0) is 21.3. The quantitative estimate of drug-likeness (QED) is 0.479. The minimum Gasteiger partial charge on any atom is -0.490 e. The summed E-state index contributed by atoms with van der Waals surface area (Å²) in [5.74, 6) is 1.51. The van der Waals surface area contributed by atoms with E-state index in [-0.39, 0.29) is 0 Å². The highest BCUT2D eigenvalue weighted by atomic mass is 32.1. The second-order valence-electron chi connectivity index (χ2n) is 6.59. The molecule has 0 spiro atoms. The maximum Gasteiger partial charge on any atom is 0.171 e. The number of nitrogens with one attached hydrogen (secondary N) is 2. The van der Waals surface area contributed by atoms with Crippen LogP contribution in [0.25, 0.3) is 0 Å². The van der Waals surface area contributed by atoms with Crippen molar-refractivity contribution < 1.29 is 9.47 Å². The number of ether oxygens (including phenoxy) is 2. The second-order valence-corrected chi connectivity index (χ2v) is 6.99. The van der Waals surface area contributed by atoms with E-state index in [1.54, 1.807) is 6.20 Å². The average Bonchev–Trinajstić information content (AvgIpc) is 3.38. The fraction of sp³-hybridized carbons (Fsp3) is 0.381. The van der Waals surface area contributed by atoms with Crippen LogP contribution in [0.4, 0.5) is 5.69 Å². The van der Waals surface area contributed by atoms with Crippen molar-refractivity contribution >= 4 is 23.0 Å². The molecular weight excluding hydrogens is 400 g/mol. The van der Waals surface area contributed by atoms with Crippen molar-refractivity contribution in [3.8, 4) is 11.5 Å². The summed E-state index contributed by atoms with van der Waals surface area (Å²) in [4.78, 5) is 0. The fourth-order valence-electron chi connectivity index (χ4n) is 2.92. The molecule has 2 heterocycles. The van der Waals surface area contributed by atoms with Crippen molar-refractivity contribution in [3.05, 3.63) is 54.1 Å². The topological polar surface area (TPSA) is 78.2 Å². The van der Waals surface area contributed by atoms with E-state index in [9.17, 15) is 0 Å². The molecule has 0 atom stereocenters. The Balaban J connectivity index is 1.55. The Morgan fingerprint density at radius 1 is 0.967 bits per heavy atom. The van der Waals surface area contributed by atoms with E-state index in [1.165, 1.54) is 0 Å². The molecule has 0 amide bonds. The Bertz CT molecular complexity index is 968. The van der Waals surface area contributed by atoms with E-state index in [2.05, 4.69) is 27.8 Å². The Kier molecular flexibility index (Phi) is 7.67. The van der Waals surface area contributed by atoms with E-state index in [4.69, 9.17) is 21.7 Å². The lowest BCUT2D eigenvalue weighted by Gasteiger charge is -2.12. The van der Waals surface area contributed by atoms with Gasteiger partial charge in [-0.15, -0.1) is 0 Å². The Hall–Kier alpha value is -3.07. The largest absolute Gasteiger partial charge is 0.490 e. The maximum atomic E-state index is 5.70. The Labute approximate surface area is 182 Å². The van der Waals surface area contributed by atoms with Crippen molar-refractivity contribution in [3.63, 3.8) is 0 Å². The number of anilines is 1. The number of hydrogen-bond donors (Lipinski definition) is 2. The first kappa shape index (κ1) is 21.6. The molecule has 3 aromatic rings. The number of benzene rings is 1. The SMILES string of the molecule is CCOc1ccc(Cn2cc(NC(=S)NCc3cnn(CC)c3)cn2)cc1OCC. The van der Waals surface area contributed by atoms with Gasteiger partial charge in [-0.2, -0.15) is 10.2 Å². The van der Waals surface area contributed by atoms with Crippen LogP contribution in [0.15, 0.2) is 43.0 Å². The molecule has 0 aliphatic heterocycles. The normalized spacial score (nSPS) is 10.6. The van der Waals surface area contributed by atoms with E-state index in [0.29, 0.717) is 31.4 Å². The summed E-state index contributed by atoms with van der Waals surface area (Å²) in [6.07, 6.45) is 7.51. The van der Waals surface area contributed by atoms with Gasteiger partial charge in [-0.3, -0.25) is 9.36 Å². The second kappa shape index (κ2) is 10.6. The first-order valence-electron chi connectivity index (χ1n) is 10.1. The van der Waals surface area contributed by atoms with E-state index < -0.39 is 0 Å². The minimum absolute atomic E-state index is 0.540. The monoisotopic (exact) mass is 428 g/mol. The summed E-state index contributed by atoms with van der Waals surface area (Å²) in [5, 5.41) is 15.6. The molecule has 30 heavy (non-hydrogen) atoms. The van der Waals surface area contributed by atoms with Crippen LogP contribution < -0.4 is 20.1 Å². The minimum atomic E-state index is 0.540. The van der Waals surface area contributed by atoms with Crippen LogP contribution in [0.5, 0.6) is 11.5 Å². The summed E-state index contributed by atoms with van der Waals surface area (Å²) < 4.78 is 15.1. The van der Waals surface area contributed by atoms with Gasteiger partial charge >= 0.3 is 0 Å². The molecule has 0 aliphatic carbocycles. The van der Waals surface area contributed by atoms with Gasteiger partial charge in [0.2, 0.25) is 0 Å². The lowest BCUT2D eigenvalue weighted by molar-refractivity contribution is 0.287. The summed E-state index contributed by atoms with van der Waals surface area (Å²) in [6.45, 7) is 9.24. The van der Waals surface area contributed by atoms with Gasteiger partial charge in [-0.1, -0.05) is 6.07 Å². The first-order chi connectivity index (χ1) is 14.6. The molecule has 0 saturated heterocycles. The van der Waals surface area contributed by atoms with Gasteiger partial charge in [0.15, 0.2) is 16.6 Å². The van der Waals surface area contributed by atoms with Crippen LogP contribution in [0.2, 0.25) is 0 Å². The van der Waals surface area contributed by atoms with Gasteiger partial charge < -0.3 is 20.1 Å². The number of rotatable bonds is 10. The lowest BCUT2D eigenvalue weighted by Crippen LogP contribution is -2.27. The molecule has 0 bridgehead atoms. The maximum absolute atomic E-state index is 5.70. The number of aryl methyl sites for hydroxylation is 1. The highest BCUT2D eigenvalue weighted by Gasteiger charge is 2.08. The van der Waals surface area contributed by atoms with Crippen LogP contribution in [0, 0.1) is 0 Å². The van der Waals surface area contributed by atoms with Crippen molar-refractivity contribution in [1.29, 1.82) is 0 Å². The number of thiocarbonyl (C=S) groups is 1. The zero-order valence-corrected chi connectivity index (χ0v) is 18.4. The highest BCUT2D eigenvalue weighted by Crippen LogP contribution is 2.28. The van der Waals surface area contributed by atoms with Gasteiger partial charge in [0.05, 0.1) is 37.8 Å². The molecule has 160 valence electrons. The summed E-state index contributed by atoms with van der Waals surface area (Å²) in [7, 11) is 0. The molecule has 0 fully saturated rings. The van der Waals surface area contributed by atoms with Gasteiger partial charge in [-0.25, -0.2) is 0 Å². The standard InChI is InChI=1S/C21H28N6O2S/c1-4-26-14-17(11-23-26)10-22-21(30)25-18-12-24-27(15-18)13-16-7-8-19(28-5-2)20(9-16)29-6-3/h7-9,11-12,14-15H,4-6,10,13H2,1-3H3,(H2,22,25,30). The highest BCUT2D eigenvalue weighted by molar-refractivity contribution is 7.80. The molecular formula is C21H28N6O2S. The van der Waals surface area contributed by atoms with E-state index in [1.807, 2.05) is 60.0 Å². The molecule has 0 unspecified atom stereocenters. The third-order valence-corrected chi connectivity index (χ3v) is 4.55. The molecule has 1 aromatic carbocycles. The number of nitrogens with zero attached hydrogens (tertiary/aromatic N) is 4. The van der Waals surface area contributed by atoms with Gasteiger partial charge in [0, 0.05) is 31.0 Å². The predicted molar refractivity (Wildman–Crippen MR) is 121 cm³/mol. The summed E-state index contributed by atoms with van der Waals surface area (Å²) in [5.41, 5.74) is 2.98. The number of aromatic nitrogens is 4. The van der Waals surface area contributed by atoms with Crippen LogP contribution in [0.1, 0.15) is 31.9 Å². The molecule has 3 rings (SSSR count). The lowest BCUT2D eigenvalue weighted by atomic mass is 10.2. The molecule has 0 aliphatic rings. The van der Waals surface area contributed by atoms with Crippen LogP contribution >= 0.6 is 12.2 Å². The molecule has 2 aromatic heterocycles. The smallest absolute Gasteiger partial charge is 0.171 e. The fourth-order valence-corrected chi connectivity index (χ4v) is 3.11. The van der Waals surface area contributed by atoms with Crippen molar-refractivity contribution in [2.24, 2.45) is 0 Å². The van der Waals surface area contributed by atoms with Crippen molar-refractivity contribution in [1.82, 2.24) is 24.9 Å². The van der Waals surface area contributed by atoms with Gasteiger partial charge in [0.1, 0.15) is 0 Å². The summed E-state index contributed by atoms with van der Waals surface area (Å²) in [6, 6.07) is 5.95. The van der Waals surface area contributed by atoms with Crippen molar-refractivity contribution in [2.75, 3.05) is 18.5 Å². The third kappa shape index (κ3) is 5.96. The van der Waals surface area contributed by atoms with Crippen molar-refractivity contribution in [2.45, 2.75) is 40.4 Å². The molecule has 2 N–H and O–H groups in total. The van der Waals surface area contributed by atoms with Crippen LogP contribution in [-0.4, -0.2) is 37.9 Å². The van der Waals surface area contributed by atoms with Crippen LogP contribution in [-0.2, 0) is 19.6 Å². The third-order valence-electron chi connectivity index (χ3n) is 4.31. The Morgan fingerprint density at radius 3 is 2.47 bits per heavy atom. The average molecular weight is 429 g/mol. The first-order valence-corrected chi connectivity index (χ1v) is 10.5. The number of hydrogen-bond acceptors (Lipinski definition) is 5. The zero-order valence-electron chi connectivity index (χ0n) is 17.6. The van der Waals surface area contributed by atoms with E-state index >= 15 is 0 Å². The van der Waals surface area contributed by atoms with Crippen LogP contribution in [0.3, 0.4) is 0 Å². The van der Waals surface area contributed by atoms with Gasteiger partial charge in [0.25, 0.3) is 0 Å². The van der Waals surface area contributed by atoms with E-state index in [0.717, 1.165) is 34.9 Å². The van der Waals surface area contributed by atoms with Gasteiger partial charge in [-0.05, 0) is 50.7 Å². The molecule has 0 saturated carbocycles. The molecule has 8 nitrogen and oxygen atoms in total. The summed E-state index contributed by atoms with van der Waals surface area (Å²) >= 11 is 5.38. The molecule has 0 radical (unpaired) electrons. The Morgan fingerprint density at radius 2 is 1.73 bits per heavy atom. The molecule has 9 heteroatoms. The predicted octanol–water partition coefficient (Wildman–Crippen LogP) is 3.43.